The molecule has 0 N–H and O–H groups in total. The molecule has 0 aliphatic carbocycles. The molecule has 0 unspecified atom stereocenters. The van der Waals surface area contributed by atoms with Crippen LogP contribution in [0, 0.1) is 21.4 Å². The minimum Gasteiger partial charge on any atom is -0.465 e. The number of hydrogen-bond donors (Lipinski definition) is 0. The van der Waals surface area contributed by atoms with Gasteiger partial charge in [0.1, 0.15) is 11.6 Å². The number of benzene rings is 1. The minimum absolute atomic E-state index is 0.0841. The standard InChI is InChI=1S/C16H17N3O4/c1-23-16(20)13(11-17)9-12-10-14(19(21)22)5-6-15(12)18-7-3-2-4-8-18/h5-6,9-10H,2-4,7-8H2,1H3. The van der Waals surface area contributed by atoms with Crippen molar-refractivity contribution in [3.8, 4) is 6.07 Å². The van der Waals surface area contributed by atoms with Gasteiger partial charge in [0, 0.05) is 36.5 Å². The second kappa shape index (κ2) is 7.40. The Morgan fingerprint density at radius 1 is 1.39 bits per heavy atom. The van der Waals surface area contributed by atoms with Crippen LogP contribution < -0.4 is 4.90 Å². The number of hydrogen-bond acceptors (Lipinski definition) is 6. The topological polar surface area (TPSA) is 96.5 Å². The highest BCUT2D eigenvalue weighted by molar-refractivity contribution is 5.98. The zero-order valence-corrected chi connectivity index (χ0v) is 12.8. The molecule has 1 fully saturated rings. The zero-order valence-electron chi connectivity index (χ0n) is 12.8. The number of ether oxygens (including phenoxy) is 1. The van der Waals surface area contributed by atoms with Crippen LogP contribution in [0.1, 0.15) is 24.8 Å². The largest absolute Gasteiger partial charge is 0.465 e. The lowest BCUT2D eigenvalue weighted by Gasteiger charge is -2.30. The highest BCUT2D eigenvalue weighted by Crippen LogP contribution is 2.29. The first kappa shape index (κ1) is 16.5. The number of carbonyl (C=O) groups excluding carboxylic acids is 1. The number of piperidine rings is 1. The molecule has 1 aliphatic heterocycles. The number of esters is 1. The van der Waals surface area contributed by atoms with Crippen molar-refractivity contribution in [1.29, 1.82) is 5.26 Å². The first-order valence-corrected chi connectivity index (χ1v) is 7.30. The SMILES string of the molecule is COC(=O)C(C#N)=Cc1cc([N+](=O)[O-])ccc1N1CCCCC1. The summed E-state index contributed by atoms with van der Waals surface area (Å²) in [6.07, 6.45) is 4.59. The van der Waals surface area contributed by atoms with Gasteiger partial charge in [-0.05, 0) is 31.4 Å². The summed E-state index contributed by atoms with van der Waals surface area (Å²) in [5.41, 5.74) is 0.987. The summed E-state index contributed by atoms with van der Waals surface area (Å²) in [4.78, 5) is 24.2. The smallest absolute Gasteiger partial charge is 0.348 e. The maximum atomic E-state index is 11.6. The van der Waals surface area contributed by atoms with E-state index in [0.717, 1.165) is 38.0 Å². The lowest BCUT2D eigenvalue weighted by Crippen LogP contribution is -2.30. The van der Waals surface area contributed by atoms with Gasteiger partial charge in [-0.25, -0.2) is 4.79 Å². The Morgan fingerprint density at radius 3 is 2.65 bits per heavy atom. The van der Waals surface area contributed by atoms with E-state index in [1.165, 1.54) is 25.3 Å². The number of nitrogens with zero attached hydrogens (tertiary/aromatic N) is 3. The number of nitro groups is 1. The first-order valence-electron chi connectivity index (χ1n) is 7.30. The molecule has 23 heavy (non-hydrogen) atoms. The molecule has 0 saturated carbocycles. The fraction of sp³-hybridized carbons (Fsp3) is 0.375. The fourth-order valence-electron chi connectivity index (χ4n) is 2.60. The number of nitriles is 1. The number of nitro benzene ring substituents is 1. The average molecular weight is 315 g/mol. The third kappa shape index (κ3) is 3.86. The summed E-state index contributed by atoms with van der Waals surface area (Å²) in [5, 5.41) is 20.1. The van der Waals surface area contributed by atoms with Crippen LogP contribution in [-0.2, 0) is 9.53 Å². The van der Waals surface area contributed by atoms with Crippen LogP contribution in [0.3, 0.4) is 0 Å². The van der Waals surface area contributed by atoms with Gasteiger partial charge in [0.2, 0.25) is 0 Å². The average Bonchev–Trinajstić information content (AvgIpc) is 2.59. The second-order valence-electron chi connectivity index (χ2n) is 5.21. The van der Waals surface area contributed by atoms with Crippen LogP contribution in [-0.4, -0.2) is 31.1 Å². The van der Waals surface area contributed by atoms with E-state index in [2.05, 4.69) is 9.64 Å². The molecule has 0 aromatic heterocycles. The third-order valence-electron chi connectivity index (χ3n) is 3.74. The minimum atomic E-state index is -0.761. The van der Waals surface area contributed by atoms with Crippen molar-refractivity contribution in [1.82, 2.24) is 0 Å². The van der Waals surface area contributed by atoms with Crippen molar-refractivity contribution >= 4 is 23.4 Å². The Labute approximate surface area is 133 Å². The molecule has 1 aromatic rings. The zero-order chi connectivity index (χ0) is 16.8. The predicted molar refractivity (Wildman–Crippen MR) is 84.8 cm³/mol. The normalized spacial score (nSPS) is 15.0. The van der Waals surface area contributed by atoms with Gasteiger partial charge in [-0.2, -0.15) is 5.26 Å². The fourth-order valence-corrected chi connectivity index (χ4v) is 2.60. The monoisotopic (exact) mass is 315 g/mol. The van der Waals surface area contributed by atoms with E-state index in [1.54, 1.807) is 12.1 Å². The van der Waals surface area contributed by atoms with Gasteiger partial charge in [0.15, 0.2) is 0 Å². The van der Waals surface area contributed by atoms with Gasteiger partial charge < -0.3 is 9.64 Å². The molecule has 2 rings (SSSR count). The molecule has 0 amide bonds. The van der Waals surface area contributed by atoms with Gasteiger partial charge in [-0.15, -0.1) is 0 Å². The van der Waals surface area contributed by atoms with Crippen LogP contribution in [0.2, 0.25) is 0 Å². The third-order valence-corrected chi connectivity index (χ3v) is 3.74. The van der Waals surface area contributed by atoms with E-state index in [4.69, 9.17) is 5.26 Å². The van der Waals surface area contributed by atoms with Crippen LogP contribution in [0.15, 0.2) is 23.8 Å². The highest BCUT2D eigenvalue weighted by Gasteiger charge is 2.18. The number of non-ortho nitro benzene ring substituents is 1. The van der Waals surface area contributed by atoms with Crippen LogP contribution >= 0.6 is 0 Å². The number of methoxy groups -OCH3 is 1. The molecule has 120 valence electrons. The summed E-state index contributed by atoms with van der Waals surface area (Å²) in [5.74, 6) is -0.761. The van der Waals surface area contributed by atoms with Crippen molar-refractivity contribution in [2.75, 3.05) is 25.1 Å². The van der Waals surface area contributed by atoms with E-state index >= 15 is 0 Å². The summed E-state index contributed by atoms with van der Waals surface area (Å²) >= 11 is 0. The Hall–Kier alpha value is -2.88. The quantitative estimate of drug-likeness (QED) is 0.278. The maximum Gasteiger partial charge on any atom is 0.348 e. The van der Waals surface area contributed by atoms with Gasteiger partial charge in [0.25, 0.3) is 5.69 Å². The molecule has 1 aliphatic rings. The van der Waals surface area contributed by atoms with Crippen molar-refractivity contribution < 1.29 is 14.5 Å². The van der Waals surface area contributed by atoms with E-state index in [-0.39, 0.29) is 11.3 Å². The Morgan fingerprint density at radius 2 is 2.09 bits per heavy atom. The summed E-state index contributed by atoms with van der Waals surface area (Å²) < 4.78 is 4.56. The molecule has 0 radical (unpaired) electrons. The molecule has 7 heteroatoms. The molecule has 0 bridgehead atoms. The van der Waals surface area contributed by atoms with E-state index in [9.17, 15) is 14.9 Å². The van der Waals surface area contributed by atoms with Crippen molar-refractivity contribution in [2.24, 2.45) is 0 Å². The molecule has 1 aromatic carbocycles. The number of carbonyl (C=O) groups is 1. The van der Waals surface area contributed by atoms with Crippen LogP contribution in [0.4, 0.5) is 11.4 Å². The highest BCUT2D eigenvalue weighted by atomic mass is 16.6. The van der Waals surface area contributed by atoms with Crippen LogP contribution in [0.25, 0.3) is 6.08 Å². The Kier molecular flexibility index (Phi) is 5.31. The molecule has 0 spiro atoms. The second-order valence-corrected chi connectivity index (χ2v) is 5.21. The Bertz CT molecular complexity index is 685. The first-order chi connectivity index (χ1) is 11.1. The van der Waals surface area contributed by atoms with Crippen molar-refractivity contribution in [2.45, 2.75) is 19.3 Å². The molecular formula is C16H17N3O4. The number of anilines is 1. The molecule has 7 nitrogen and oxygen atoms in total. The summed E-state index contributed by atoms with van der Waals surface area (Å²) in [7, 11) is 1.19. The maximum absolute atomic E-state index is 11.6. The van der Waals surface area contributed by atoms with E-state index in [1.807, 2.05) is 0 Å². The molecule has 0 atom stereocenters. The van der Waals surface area contributed by atoms with Gasteiger partial charge in [-0.1, -0.05) is 0 Å². The lowest BCUT2D eigenvalue weighted by molar-refractivity contribution is -0.384. The van der Waals surface area contributed by atoms with E-state index in [0.29, 0.717) is 5.56 Å². The van der Waals surface area contributed by atoms with Gasteiger partial charge in [0.05, 0.1) is 12.0 Å². The van der Waals surface area contributed by atoms with Gasteiger partial charge >= 0.3 is 5.97 Å². The molecule has 1 saturated heterocycles. The lowest BCUT2D eigenvalue weighted by atomic mass is 10.0. The van der Waals surface area contributed by atoms with E-state index < -0.39 is 10.9 Å². The van der Waals surface area contributed by atoms with Crippen LogP contribution in [0.5, 0.6) is 0 Å². The molecule has 1 heterocycles. The van der Waals surface area contributed by atoms with Crippen molar-refractivity contribution in [3.05, 3.63) is 39.4 Å². The van der Waals surface area contributed by atoms with Gasteiger partial charge in [-0.3, -0.25) is 10.1 Å². The summed E-state index contributed by atoms with van der Waals surface area (Å²) in [6.45, 7) is 1.69. The Balaban J connectivity index is 2.50. The predicted octanol–water partition coefficient (Wildman–Crippen LogP) is 2.67. The van der Waals surface area contributed by atoms with Crippen molar-refractivity contribution in [3.63, 3.8) is 0 Å². The summed E-state index contributed by atoms with van der Waals surface area (Å²) in [6, 6.07) is 6.26. The number of rotatable bonds is 4. The molecular weight excluding hydrogens is 298 g/mol.